The van der Waals surface area contributed by atoms with Gasteiger partial charge in [0.25, 0.3) is 5.91 Å². The summed E-state index contributed by atoms with van der Waals surface area (Å²) in [4.78, 5) is 48.1. The SMILES string of the molecule is Cc1ccccc1N(C(=O)c1ccc(C2=NOC(C)(C)C2=O)cc1)[C@@H]1CCCN(C(=O)OC(C)(C)C)C1. The maximum atomic E-state index is 14.0. The van der Waals surface area contributed by atoms with E-state index in [1.807, 2.05) is 52.0 Å². The molecule has 1 atom stereocenters. The number of aryl methyl sites for hydroxylation is 1. The maximum Gasteiger partial charge on any atom is 0.410 e. The van der Waals surface area contributed by atoms with Gasteiger partial charge in [-0.2, -0.15) is 0 Å². The number of amides is 2. The average Bonchev–Trinajstić information content (AvgIpc) is 3.12. The van der Waals surface area contributed by atoms with Crippen molar-refractivity contribution in [3.63, 3.8) is 0 Å². The number of carbonyl (C=O) groups excluding carboxylic acids is 3. The van der Waals surface area contributed by atoms with Gasteiger partial charge in [0.15, 0.2) is 11.3 Å². The highest BCUT2D eigenvalue weighted by molar-refractivity contribution is 6.49. The molecular formula is C29H35N3O5. The van der Waals surface area contributed by atoms with E-state index in [-0.39, 0.29) is 29.5 Å². The normalized spacial score (nSPS) is 19.2. The molecule has 0 aliphatic carbocycles. The van der Waals surface area contributed by atoms with E-state index in [0.717, 1.165) is 24.1 Å². The van der Waals surface area contributed by atoms with Crippen LogP contribution in [0.3, 0.4) is 0 Å². The number of oxime groups is 1. The van der Waals surface area contributed by atoms with E-state index >= 15 is 0 Å². The fraction of sp³-hybridized carbons (Fsp3) is 0.448. The topological polar surface area (TPSA) is 88.5 Å². The number of ether oxygens (including phenoxy) is 1. The summed E-state index contributed by atoms with van der Waals surface area (Å²) in [7, 11) is 0. The summed E-state index contributed by atoms with van der Waals surface area (Å²) in [5.74, 6) is -0.370. The zero-order valence-corrected chi connectivity index (χ0v) is 22.4. The minimum atomic E-state index is -0.994. The lowest BCUT2D eigenvalue weighted by Crippen LogP contribution is -2.53. The number of rotatable bonds is 4. The van der Waals surface area contributed by atoms with Crippen molar-refractivity contribution in [2.24, 2.45) is 5.16 Å². The minimum Gasteiger partial charge on any atom is -0.444 e. The molecule has 8 heteroatoms. The first-order valence-corrected chi connectivity index (χ1v) is 12.7. The summed E-state index contributed by atoms with van der Waals surface area (Å²) in [6, 6.07) is 14.4. The van der Waals surface area contributed by atoms with Crippen LogP contribution in [0.2, 0.25) is 0 Å². The molecular weight excluding hydrogens is 470 g/mol. The van der Waals surface area contributed by atoms with E-state index in [1.165, 1.54) is 0 Å². The second-order valence-electron chi connectivity index (χ2n) is 11.1. The van der Waals surface area contributed by atoms with E-state index in [2.05, 4.69) is 5.16 Å². The number of hydrogen-bond donors (Lipinski definition) is 0. The summed E-state index contributed by atoms with van der Waals surface area (Å²) in [6.07, 6.45) is 1.15. The third kappa shape index (κ3) is 5.68. The third-order valence-electron chi connectivity index (χ3n) is 6.54. The molecule has 196 valence electrons. The van der Waals surface area contributed by atoms with Crippen molar-refractivity contribution in [3.8, 4) is 0 Å². The highest BCUT2D eigenvalue weighted by Gasteiger charge is 2.40. The Morgan fingerprint density at radius 1 is 1.11 bits per heavy atom. The molecule has 37 heavy (non-hydrogen) atoms. The van der Waals surface area contributed by atoms with Crippen LogP contribution in [0.4, 0.5) is 10.5 Å². The van der Waals surface area contributed by atoms with Crippen LogP contribution < -0.4 is 4.90 Å². The molecule has 2 amide bonds. The van der Waals surface area contributed by atoms with E-state index in [4.69, 9.17) is 9.57 Å². The molecule has 0 N–H and O–H groups in total. The fourth-order valence-electron chi connectivity index (χ4n) is 4.58. The van der Waals surface area contributed by atoms with Crippen molar-refractivity contribution < 1.29 is 24.0 Å². The molecule has 0 bridgehead atoms. The number of carbonyl (C=O) groups is 3. The van der Waals surface area contributed by atoms with Crippen molar-refractivity contribution >= 4 is 29.2 Å². The fourth-order valence-corrected chi connectivity index (χ4v) is 4.58. The number of piperidine rings is 1. The van der Waals surface area contributed by atoms with Gasteiger partial charge < -0.3 is 19.4 Å². The second-order valence-corrected chi connectivity index (χ2v) is 11.1. The van der Waals surface area contributed by atoms with E-state index in [1.54, 1.807) is 47.9 Å². The zero-order chi connectivity index (χ0) is 27.0. The summed E-state index contributed by atoms with van der Waals surface area (Å²) < 4.78 is 5.60. The van der Waals surface area contributed by atoms with Crippen LogP contribution in [-0.4, -0.2) is 58.7 Å². The Morgan fingerprint density at radius 3 is 2.38 bits per heavy atom. The molecule has 8 nitrogen and oxygen atoms in total. The monoisotopic (exact) mass is 505 g/mol. The van der Waals surface area contributed by atoms with Crippen LogP contribution in [0, 0.1) is 6.92 Å². The van der Waals surface area contributed by atoms with Gasteiger partial charge in [-0.15, -0.1) is 0 Å². The summed E-state index contributed by atoms with van der Waals surface area (Å²) in [5, 5.41) is 3.95. The van der Waals surface area contributed by atoms with Crippen LogP contribution >= 0.6 is 0 Å². The number of para-hydroxylation sites is 1. The van der Waals surface area contributed by atoms with Gasteiger partial charge in [0, 0.05) is 29.9 Å². The Labute approximate surface area is 218 Å². The highest BCUT2D eigenvalue weighted by Crippen LogP contribution is 2.29. The van der Waals surface area contributed by atoms with Crippen molar-refractivity contribution in [2.75, 3.05) is 18.0 Å². The Kier molecular flexibility index (Phi) is 7.13. The van der Waals surface area contributed by atoms with Crippen LogP contribution in [0.25, 0.3) is 0 Å². The maximum absolute atomic E-state index is 14.0. The molecule has 0 unspecified atom stereocenters. The van der Waals surface area contributed by atoms with Crippen LogP contribution in [0.1, 0.15) is 68.9 Å². The molecule has 2 heterocycles. The molecule has 4 rings (SSSR count). The number of likely N-dealkylation sites (tertiary alicyclic amines) is 1. The van der Waals surface area contributed by atoms with E-state index in [9.17, 15) is 14.4 Å². The molecule has 1 saturated heterocycles. The Balaban J connectivity index is 1.62. The first-order valence-electron chi connectivity index (χ1n) is 12.7. The van der Waals surface area contributed by atoms with Gasteiger partial charge in [0.2, 0.25) is 5.78 Å². The van der Waals surface area contributed by atoms with Crippen molar-refractivity contribution in [1.82, 2.24) is 4.90 Å². The predicted octanol–water partition coefficient (Wildman–Crippen LogP) is 5.12. The smallest absolute Gasteiger partial charge is 0.410 e. The highest BCUT2D eigenvalue weighted by atomic mass is 16.7. The molecule has 2 aromatic carbocycles. The van der Waals surface area contributed by atoms with Gasteiger partial charge in [-0.3, -0.25) is 9.59 Å². The lowest BCUT2D eigenvalue weighted by atomic mass is 9.95. The number of hydrogen-bond acceptors (Lipinski definition) is 6. The molecule has 2 aliphatic rings. The van der Waals surface area contributed by atoms with Crippen molar-refractivity contribution in [1.29, 1.82) is 0 Å². The van der Waals surface area contributed by atoms with Crippen LogP contribution in [0.5, 0.6) is 0 Å². The van der Waals surface area contributed by atoms with Gasteiger partial charge >= 0.3 is 6.09 Å². The van der Waals surface area contributed by atoms with Crippen LogP contribution in [-0.2, 0) is 14.4 Å². The number of ketones is 1. The molecule has 2 aromatic rings. The zero-order valence-electron chi connectivity index (χ0n) is 22.4. The van der Waals surface area contributed by atoms with Crippen molar-refractivity contribution in [2.45, 2.75) is 71.6 Å². The van der Waals surface area contributed by atoms with E-state index in [0.29, 0.717) is 24.2 Å². The minimum absolute atomic E-state index is 0.173. The predicted molar refractivity (Wildman–Crippen MR) is 142 cm³/mol. The molecule has 0 radical (unpaired) electrons. The largest absolute Gasteiger partial charge is 0.444 e. The number of anilines is 1. The van der Waals surface area contributed by atoms with Gasteiger partial charge in [-0.25, -0.2) is 4.79 Å². The second kappa shape index (κ2) is 10.00. The first kappa shape index (κ1) is 26.4. The van der Waals surface area contributed by atoms with Crippen LogP contribution in [0.15, 0.2) is 53.7 Å². The Hall–Kier alpha value is -3.68. The number of benzene rings is 2. The summed E-state index contributed by atoms with van der Waals surface area (Å²) >= 11 is 0. The van der Waals surface area contributed by atoms with Gasteiger partial charge in [0.1, 0.15) is 5.60 Å². The standard InChI is InChI=1S/C29H35N3O5/c1-19-10-7-8-12-23(19)32(22-11-9-17-31(18-22)27(35)36-28(2,3)4)26(34)21-15-13-20(14-16-21)24-25(33)29(5,6)37-30-24/h7-8,10,12-16,22H,9,11,17-18H2,1-6H3/t22-/m1/s1. The molecule has 0 spiro atoms. The van der Waals surface area contributed by atoms with E-state index < -0.39 is 11.2 Å². The quantitative estimate of drug-likeness (QED) is 0.575. The molecule has 2 aliphatic heterocycles. The molecule has 1 fully saturated rings. The van der Waals surface area contributed by atoms with Gasteiger partial charge in [-0.1, -0.05) is 35.5 Å². The Bertz CT molecular complexity index is 1230. The van der Waals surface area contributed by atoms with Gasteiger partial charge in [-0.05, 0) is 78.1 Å². The molecule has 0 aromatic heterocycles. The van der Waals surface area contributed by atoms with Crippen molar-refractivity contribution in [3.05, 3.63) is 65.2 Å². The lowest BCUT2D eigenvalue weighted by Gasteiger charge is -2.40. The first-order chi connectivity index (χ1) is 17.4. The summed E-state index contributed by atoms with van der Waals surface area (Å²) in [6.45, 7) is 11.8. The number of Topliss-reactive ketones (excluding diaryl/α,β-unsaturated/α-hetero) is 1. The number of nitrogens with zero attached hydrogens (tertiary/aromatic N) is 3. The molecule has 0 saturated carbocycles. The average molecular weight is 506 g/mol. The lowest BCUT2D eigenvalue weighted by molar-refractivity contribution is -0.128. The Morgan fingerprint density at radius 2 is 1.78 bits per heavy atom. The summed E-state index contributed by atoms with van der Waals surface area (Å²) in [5.41, 5.74) is 1.51. The van der Waals surface area contributed by atoms with Gasteiger partial charge in [0.05, 0.1) is 6.04 Å². The third-order valence-corrected chi connectivity index (χ3v) is 6.54.